The number of benzene rings is 1. The molecule has 6 heteroatoms. The van der Waals surface area contributed by atoms with E-state index in [1.807, 2.05) is 6.07 Å². The lowest BCUT2D eigenvalue weighted by Gasteiger charge is -2.25. The van der Waals surface area contributed by atoms with Crippen LogP contribution in [-0.2, 0) is 9.47 Å². The first-order valence-corrected chi connectivity index (χ1v) is 7.38. The topological polar surface area (TPSA) is 47.6 Å². The molecule has 1 amide bonds. The quantitative estimate of drug-likeness (QED) is 0.797. The minimum atomic E-state index is -0.400. The largest absolute Gasteiger partial charge is 0.378 e. The monoisotopic (exact) mass is 395 g/mol. The minimum absolute atomic E-state index is 0.151. The fourth-order valence-electron chi connectivity index (χ4n) is 1.94. The Kier molecular flexibility index (Phi) is 5.05. The van der Waals surface area contributed by atoms with Gasteiger partial charge in [0.1, 0.15) is 5.60 Å². The number of rotatable bonds is 4. The van der Waals surface area contributed by atoms with Crippen molar-refractivity contribution in [1.82, 2.24) is 5.32 Å². The van der Waals surface area contributed by atoms with Crippen LogP contribution in [0.3, 0.4) is 0 Å². The number of carbonyl (C=O) groups is 1. The van der Waals surface area contributed by atoms with Crippen LogP contribution in [0.4, 0.5) is 0 Å². The summed E-state index contributed by atoms with van der Waals surface area (Å²) in [4.78, 5) is 12.1. The van der Waals surface area contributed by atoms with Gasteiger partial charge in [0, 0.05) is 35.8 Å². The normalized spacial score (nSPS) is 22.5. The van der Waals surface area contributed by atoms with E-state index in [-0.39, 0.29) is 5.91 Å². The third-order valence-electron chi connectivity index (χ3n) is 3.25. The van der Waals surface area contributed by atoms with Crippen molar-refractivity contribution in [3.63, 3.8) is 0 Å². The van der Waals surface area contributed by atoms with Crippen LogP contribution >= 0.6 is 34.2 Å². The van der Waals surface area contributed by atoms with E-state index in [0.29, 0.717) is 30.3 Å². The highest BCUT2D eigenvalue weighted by Crippen LogP contribution is 2.22. The molecular formula is C13H15ClINO3. The summed E-state index contributed by atoms with van der Waals surface area (Å²) in [5.41, 5.74) is 0.151. The standard InChI is InChI=1S/C13H15ClINO3/c1-18-13(4-5-19-8-13)7-16-12(17)9-2-3-11(15)10(14)6-9/h2-3,6H,4-5,7-8H2,1H3,(H,16,17). The molecule has 0 saturated carbocycles. The highest BCUT2D eigenvalue weighted by Gasteiger charge is 2.35. The second-order valence-electron chi connectivity index (χ2n) is 4.50. The number of methoxy groups -OCH3 is 1. The Labute approximate surface area is 130 Å². The molecule has 0 spiro atoms. The van der Waals surface area contributed by atoms with Crippen LogP contribution in [-0.4, -0.2) is 38.4 Å². The number of carbonyl (C=O) groups excluding carboxylic acids is 1. The maximum Gasteiger partial charge on any atom is 0.251 e. The van der Waals surface area contributed by atoms with Gasteiger partial charge in [-0.2, -0.15) is 0 Å². The second-order valence-corrected chi connectivity index (χ2v) is 6.07. The molecular weight excluding hydrogens is 381 g/mol. The van der Waals surface area contributed by atoms with E-state index in [1.165, 1.54) is 0 Å². The van der Waals surface area contributed by atoms with Crippen molar-refractivity contribution >= 4 is 40.1 Å². The van der Waals surface area contributed by atoms with Crippen molar-refractivity contribution in [2.75, 3.05) is 26.9 Å². The fourth-order valence-corrected chi connectivity index (χ4v) is 2.46. The average molecular weight is 396 g/mol. The molecule has 104 valence electrons. The molecule has 4 nitrogen and oxygen atoms in total. The van der Waals surface area contributed by atoms with E-state index in [9.17, 15) is 4.79 Å². The van der Waals surface area contributed by atoms with Crippen LogP contribution in [0.2, 0.25) is 5.02 Å². The van der Waals surface area contributed by atoms with E-state index in [1.54, 1.807) is 19.2 Å². The third kappa shape index (κ3) is 3.59. The Morgan fingerprint density at radius 2 is 2.42 bits per heavy atom. The molecule has 1 atom stereocenters. The molecule has 0 aliphatic carbocycles. The summed E-state index contributed by atoms with van der Waals surface area (Å²) in [6, 6.07) is 5.25. The third-order valence-corrected chi connectivity index (χ3v) is 4.83. The SMILES string of the molecule is COC1(CNC(=O)c2ccc(I)c(Cl)c2)CCOC1. The van der Waals surface area contributed by atoms with Crippen LogP contribution in [0.25, 0.3) is 0 Å². The first-order chi connectivity index (χ1) is 9.06. The van der Waals surface area contributed by atoms with Crippen LogP contribution < -0.4 is 5.32 Å². The van der Waals surface area contributed by atoms with Gasteiger partial charge < -0.3 is 14.8 Å². The van der Waals surface area contributed by atoms with Gasteiger partial charge in [-0.15, -0.1) is 0 Å². The van der Waals surface area contributed by atoms with Crippen molar-refractivity contribution in [2.24, 2.45) is 0 Å². The molecule has 0 bridgehead atoms. The molecule has 19 heavy (non-hydrogen) atoms. The molecule has 1 fully saturated rings. The van der Waals surface area contributed by atoms with Gasteiger partial charge in [-0.3, -0.25) is 4.79 Å². The Morgan fingerprint density at radius 3 is 3.00 bits per heavy atom. The van der Waals surface area contributed by atoms with E-state index in [4.69, 9.17) is 21.1 Å². The van der Waals surface area contributed by atoms with E-state index >= 15 is 0 Å². The van der Waals surface area contributed by atoms with Crippen LogP contribution in [0, 0.1) is 3.57 Å². The summed E-state index contributed by atoms with van der Waals surface area (Å²) in [5, 5.41) is 3.46. The Morgan fingerprint density at radius 1 is 1.63 bits per heavy atom. The van der Waals surface area contributed by atoms with E-state index < -0.39 is 5.60 Å². The van der Waals surface area contributed by atoms with Crippen LogP contribution in [0.15, 0.2) is 18.2 Å². The maximum absolute atomic E-state index is 12.1. The number of halogens is 2. The molecule has 1 aliphatic rings. The van der Waals surface area contributed by atoms with Crippen molar-refractivity contribution < 1.29 is 14.3 Å². The lowest BCUT2D eigenvalue weighted by Crippen LogP contribution is -2.45. The summed E-state index contributed by atoms with van der Waals surface area (Å²) < 4.78 is 11.7. The Balaban J connectivity index is 1.99. The number of hydrogen-bond donors (Lipinski definition) is 1. The summed E-state index contributed by atoms with van der Waals surface area (Å²) in [5.74, 6) is -0.151. The van der Waals surface area contributed by atoms with Crippen molar-refractivity contribution in [3.05, 3.63) is 32.4 Å². The maximum atomic E-state index is 12.1. The molecule has 0 radical (unpaired) electrons. The first kappa shape index (κ1) is 15.0. The molecule has 1 unspecified atom stereocenters. The predicted octanol–water partition coefficient (Wildman–Crippen LogP) is 2.48. The Bertz CT molecular complexity index is 475. The molecule has 1 heterocycles. The number of hydrogen-bond acceptors (Lipinski definition) is 3. The summed E-state index contributed by atoms with van der Waals surface area (Å²) >= 11 is 8.13. The molecule has 1 saturated heterocycles. The summed E-state index contributed by atoms with van der Waals surface area (Å²) in [7, 11) is 1.64. The van der Waals surface area contributed by atoms with E-state index in [0.717, 1.165) is 9.99 Å². The number of nitrogens with one attached hydrogen (secondary N) is 1. The molecule has 1 aliphatic heterocycles. The van der Waals surface area contributed by atoms with Gasteiger partial charge in [0.15, 0.2) is 0 Å². The van der Waals surface area contributed by atoms with Gasteiger partial charge in [0.05, 0.1) is 11.6 Å². The zero-order chi connectivity index (χ0) is 13.9. The Hall–Kier alpha value is -0.370. The zero-order valence-corrected chi connectivity index (χ0v) is 13.5. The number of amides is 1. The lowest BCUT2D eigenvalue weighted by molar-refractivity contribution is -0.0148. The van der Waals surface area contributed by atoms with Crippen LogP contribution in [0.1, 0.15) is 16.8 Å². The molecule has 1 aromatic rings. The molecule has 1 aromatic carbocycles. The van der Waals surface area contributed by atoms with Crippen molar-refractivity contribution in [2.45, 2.75) is 12.0 Å². The lowest BCUT2D eigenvalue weighted by atomic mass is 10.0. The molecule has 0 aromatic heterocycles. The van der Waals surface area contributed by atoms with Gasteiger partial charge in [-0.05, 0) is 40.8 Å². The second kappa shape index (κ2) is 6.39. The van der Waals surface area contributed by atoms with E-state index in [2.05, 4.69) is 27.9 Å². The predicted molar refractivity (Wildman–Crippen MR) is 81.7 cm³/mol. The minimum Gasteiger partial charge on any atom is -0.378 e. The average Bonchev–Trinajstić information content (AvgIpc) is 2.89. The molecule has 2 rings (SSSR count). The zero-order valence-electron chi connectivity index (χ0n) is 10.5. The number of ether oxygens (including phenoxy) is 2. The van der Waals surface area contributed by atoms with Gasteiger partial charge in [-0.25, -0.2) is 0 Å². The van der Waals surface area contributed by atoms with Crippen molar-refractivity contribution in [3.8, 4) is 0 Å². The van der Waals surface area contributed by atoms with Crippen molar-refractivity contribution in [1.29, 1.82) is 0 Å². The van der Waals surface area contributed by atoms with Gasteiger partial charge in [-0.1, -0.05) is 11.6 Å². The van der Waals surface area contributed by atoms with Gasteiger partial charge in [0.25, 0.3) is 5.91 Å². The molecule has 1 N–H and O–H groups in total. The van der Waals surface area contributed by atoms with Gasteiger partial charge >= 0.3 is 0 Å². The highest BCUT2D eigenvalue weighted by molar-refractivity contribution is 14.1. The van der Waals surface area contributed by atoms with Gasteiger partial charge in [0.2, 0.25) is 0 Å². The summed E-state index contributed by atoms with van der Waals surface area (Å²) in [6.45, 7) is 1.61. The van der Waals surface area contributed by atoms with Crippen LogP contribution in [0.5, 0.6) is 0 Å². The first-order valence-electron chi connectivity index (χ1n) is 5.92. The summed E-state index contributed by atoms with van der Waals surface area (Å²) in [6.07, 6.45) is 0.789. The highest BCUT2D eigenvalue weighted by atomic mass is 127. The smallest absolute Gasteiger partial charge is 0.251 e. The fraction of sp³-hybridized carbons (Fsp3) is 0.462.